The van der Waals surface area contributed by atoms with Gasteiger partial charge in [-0.25, -0.2) is 13.1 Å². The third kappa shape index (κ3) is 9.38. The molecule has 108 valence electrons. The molecule has 0 heterocycles. The van der Waals surface area contributed by atoms with Gasteiger partial charge in [0.15, 0.2) is 0 Å². The Bertz CT molecular complexity index is 339. The van der Waals surface area contributed by atoms with E-state index in [1.165, 1.54) is 7.11 Å². The van der Waals surface area contributed by atoms with Gasteiger partial charge in [-0.3, -0.25) is 4.79 Å². The number of aliphatic hydroxyl groups excluding tert-OH is 1. The lowest BCUT2D eigenvalue weighted by Gasteiger charge is -2.13. The lowest BCUT2D eigenvalue weighted by molar-refractivity contribution is -0.140. The Balaban J connectivity index is 3.90. The summed E-state index contributed by atoms with van der Waals surface area (Å²) >= 11 is 0. The van der Waals surface area contributed by atoms with Gasteiger partial charge in [0.2, 0.25) is 10.0 Å². The zero-order chi connectivity index (χ0) is 14.2. The van der Waals surface area contributed by atoms with E-state index in [2.05, 4.69) is 9.46 Å². The smallest absolute Gasteiger partial charge is 0.305 e. The molecule has 18 heavy (non-hydrogen) atoms. The van der Waals surface area contributed by atoms with Crippen LogP contribution in [-0.2, 0) is 19.6 Å². The van der Waals surface area contributed by atoms with E-state index in [0.717, 1.165) is 0 Å². The summed E-state index contributed by atoms with van der Waals surface area (Å²) in [5.41, 5.74) is 0. The molecule has 7 heteroatoms. The molecule has 0 fully saturated rings. The van der Waals surface area contributed by atoms with Gasteiger partial charge in [0.05, 0.1) is 19.0 Å². The highest BCUT2D eigenvalue weighted by Gasteiger charge is 2.14. The Kier molecular flexibility index (Phi) is 8.13. The van der Waals surface area contributed by atoms with Gasteiger partial charge < -0.3 is 9.84 Å². The Hall–Kier alpha value is -0.660. The first-order chi connectivity index (χ1) is 8.26. The maximum absolute atomic E-state index is 11.5. The van der Waals surface area contributed by atoms with Crippen LogP contribution < -0.4 is 4.72 Å². The number of hydrogen-bond donors (Lipinski definition) is 2. The molecule has 6 nitrogen and oxygen atoms in total. The standard InChI is InChI=1S/C11H23NO5S/c1-9(2)7-10(13)8-12-18(15,16)6-4-5-11(14)17-3/h9-10,12-13H,4-8H2,1-3H3. The molecule has 0 aromatic rings. The van der Waals surface area contributed by atoms with E-state index in [1.807, 2.05) is 13.8 Å². The molecule has 0 aliphatic carbocycles. The molecule has 0 radical (unpaired) electrons. The van der Waals surface area contributed by atoms with Gasteiger partial charge in [0.25, 0.3) is 0 Å². The average Bonchev–Trinajstić information content (AvgIpc) is 2.25. The lowest BCUT2D eigenvalue weighted by atomic mass is 10.1. The van der Waals surface area contributed by atoms with E-state index in [4.69, 9.17) is 0 Å². The van der Waals surface area contributed by atoms with Gasteiger partial charge >= 0.3 is 5.97 Å². The summed E-state index contributed by atoms with van der Waals surface area (Å²) in [4.78, 5) is 10.8. The Labute approximate surface area is 109 Å². The molecule has 0 spiro atoms. The first-order valence-corrected chi connectivity index (χ1v) is 7.64. The Morgan fingerprint density at radius 2 is 2.00 bits per heavy atom. The molecule has 0 bridgehead atoms. The number of nitrogens with one attached hydrogen (secondary N) is 1. The summed E-state index contributed by atoms with van der Waals surface area (Å²) in [6.07, 6.45) is 0.152. The van der Waals surface area contributed by atoms with Crippen molar-refractivity contribution in [2.24, 2.45) is 5.92 Å². The van der Waals surface area contributed by atoms with Crippen molar-refractivity contribution in [3.8, 4) is 0 Å². The largest absolute Gasteiger partial charge is 0.469 e. The van der Waals surface area contributed by atoms with Crippen molar-refractivity contribution in [3.63, 3.8) is 0 Å². The number of methoxy groups -OCH3 is 1. The third-order valence-corrected chi connectivity index (χ3v) is 3.74. The number of sulfonamides is 1. The van der Waals surface area contributed by atoms with Crippen LogP contribution in [-0.4, -0.2) is 45.0 Å². The zero-order valence-electron chi connectivity index (χ0n) is 11.2. The van der Waals surface area contributed by atoms with Crippen LogP contribution in [0.5, 0.6) is 0 Å². The second kappa shape index (κ2) is 8.44. The minimum absolute atomic E-state index is 0.0126. The van der Waals surface area contributed by atoms with Crippen LogP contribution in [0.3, 0.4) is 0 Å². The second-order valence-corrected chi connectivity index (χ2v) is 6.56. The molecule has 0 saturated carbocycles. The van der Waals surface area contributed by atoms with Crippen molar-refractivity contribution in [2.75, 3.05) is 19.4 Å². The van der Waals surface area contributed by atoms with Gasteiger partial charge in [-0.05, 0) is 18.8 Å². The highest BCUT2D eigenvalue weighted by molar-refractivity contribution is 7.89. The molecular formula is C11H23NO5S. The minimum Gasteiger partial charge on any atom is -0.469 e. The van der Waals surface area contributed by atoms with E-state index in [9.17, 15) is 18.3 Å². The summed E-state index contributed by atoms with van der Waals surface area (Å²) in [7, 11) is -2.17. The van der Waals surface area contributed by atoms with Gasteiger partial charge in [0.1, 0.15) is 0 Å². The number of carbonyl (C=O) groups excluding carboxylic acids is 1. The summed E-state index contributed by atoms with van der Waals surface area (Å²) in [5, 5.41) is 9.53. The Morgan fingerprint density at radius 1 is 1.39 bits per heavy atom. The number of hydrogen-bond acceptors (Lipinski definition) is 5. The van der Waals surface area contributed by atoms with Gasteiger partial charge in [-0.2, -0.15) is 0 Å². The predicted octanol–water partition coefficient (Wildman–Crippen LogP) is 0.266. The Morgan fingerprint density at radius 3 is 2.50 bits per heavy atom. The van der Waals surface area contributed by atoms with Gasteiger partial charge in [-0.1, -0.05) is 13.8 Å². The van der Waals surface area contributed by atoms with E-state index in [0.29, 0.717) is 12.3 Å². The first kappa shape index (κ1) is 17.3. The quantitative estimate of drug-likeness (QED) is 0.592. The molecule has 0 aromatic heterocycles. The van der Waals surface area contributed by atoms with Crippen molar-refractivity contribution < 1.29 is 23.1 Å². The fraction of sp³-hybridized carbons (Fsp3) is 0.909. The second-order valence-electron chi connectivity index (χ2n) is 4.63. The van der Waals surface area contributed by atoms with Gasteiger partial charge in [-0.15, -0.1) is 0 Å². The van der Waals surface area contributed by atoms with Crippen molar-refractivity contribution in [3.05, 3.63) is 0 Å². The number of esters is 1. The number of carbonyl (C=O) groups is 1. The molecular weight excluding hydrogens is 258 g/mol. The molecule has 1 unspecified atom stereocenters. The molecule has 0 aliphatic rings. The summed E-state index contributed by atoms with van der Waals surface area (Å²) in [5.74, 6) is -0.259. The van der Waals surface area contributed by atoms with E-state index in [-0.39, 0.29) is 25.1 Å². The van der Waals surface area contributed by atoms with Crippen LogP contribution in [0, 0.1) is 5.92 Å². The van der Waals surface area contributed by atoms with Crippen molar-refractivity contribution in [1.29, 1.82) is 0 Å². The topological polar surface area (TPSA) is 92.7 Å². The third-order valence-electron chi connectivity index (χ3n) is 2.30. The fourth-order valence-electron chi connectivity index (χ4n) is 1.43. The highest BCUT2D eigenvalue weighted by Crippen LogP contribution is 2.04. The number of rotatable bonds is 9. The average molecular weight is 281 g/mol. The number of ether oxygens (including phenoxy) is 1. The summed E-state index contributed by atoms with van der Waals surface area (Å²) < 4.78 is 29.8. The molecule has 0 saturated heterocycles. The SMILES string of the molecule is COC(=O)CCCS(=O)(=O)NCC(O)CC(C)C. The minimum atomic E-state index is -3.43. The lowest BCUT2D eigenvalue weighted by Crippen LogP contribution is -2.34. The van der Waals surface area contributed by atoms with Crippen LogP contribution in [0.2, 0.25) is 0 Å². The maximum Gasteiger partial charge on any atom is 0.305 e. The van der Waals surface area contributed by atoms with Crippen LogP contribution in [0.15, 0.2) is 0 Å². The zero-order valence-corrected chi connectivity index (χ0v) is 12.0. The summed E-state index contributed by atoms with van der Waals surface area (Å²) in [6.45, 7) is 3.92. The van der Waals surface area contributed by atoms with E-state index >= 15 is 0 Å². The molecule has 1 atom stereocenters. The van der Waals surface area contributed by atoms with E-state index < -0.39 is 22.1 Å². The van der Waals surface area contributed by atoms with Crippen molar-refractivity contribution in [2.45, 2.75) is 39.2 Å². The van der Waals surface area contributed by atoms with E-state index in [1.54, 1.807) is 0 Å². The van der Waals surface area contributed by atoms with Crippen LogP contribution >= 0.6 is 0 Å². The van der Waals surface area contributed by atoms with Crippen LogP contribution in [0.1, 0.15) is 33.1 Å². The predicted molar refractivity (Wildman–Crippen MR) is 68.5 cm³/mol. The molecule has 2 N–H and O–H groups in total. The maximum atomic E-state index is 11.5. The normalized spacial score (nSPS) is 13.6. The van der Waals surface area contributed by atoms with Crippen molar-refractivity contribution in [1.82, 2.24) is 4.72 Å². The highest BCUT2D eigenvalue weighted by atomic mass is 32.2. The van der Waals surface area contributed by atoms with Crippen LogP contribution in [0.4, 0.5) is 0 Å². The monoisotopic (exact) mass is 281 g/mol. The molecule has 0 aromatic carbocycles. The fourth-order valence-corrected chi connectivity index (χ4v) is 2.55. The van der Waals surface area contributed by atoms with Crippen LogP contribution in [0.25, 0.3) is 0 Å². The van der Waals surface area contributed by atoms with Crippen molar-refractivity contribution >= 4 is 16.0 Å². The molecule has 0 rings (SSSR count). The molecule has 0 amide bonds. The van der Waals surface area contributed by atoms with Gasteiger partial charge in [0, 0.05) is 13.0 Å². The molecule has 0 aliphatic heterocycles. The number of aliphatic hydroxyl groups is 1. The summed E-state index contributed by atoms with van der Waals surface area (Å²) in [6, 6.07) is 0. The first-order valence-electron chi connectivity index (χ1n) is 5.99.